The van der Waals surface area contributed by atoms with Crippen molar-refractivity contribution in [3.05, 3.63) is 83.4 Å². The summed E-state index contributed by atoms with van der Waals surface area (Å²) in [6, 6.07) is 6.42. The molecule has 1 fully saturated rings. The molecule has 6 unspecified atom stereocenters. The summed E-state index contributed by atoms with van der Waals surface area (Å²) in [6.45, 7) is 4.53. The number of hydrogen-bond acceptors (Lipinski definition) is 2. The molecule has 0 radical (unpaired) electrons. The van der Waals surface area contributed by atoms with E-state index in [2.05, 4.69) is 6.92 Å². The summed E-state index contributed by atoms with van der Waals surface area (Å²) in [5, 5.41) is 0. The molecular weight excluding hydrogens is 444 g/mol. The molecule has 1 aromatic carbocycles. The molecule has 2 nitrogen and oxygen atoms in total. The summed E-state index contributed by atoms with van der Waals surface area (Å²) in [6.07, 6.45) is 3.73. The lowest BCUT2D eigenvalue weighted by atomic mass is 9.84. The Balaban J connectivity index is 1.52. The van der Waals surface area contributed by atoms with Crippen LogP contribution in [0.3, 0.4) is 0 Å². The standard InChI is InChI=1S/C28H30F4O2/c1-3-4-15-33-24-14-12-21(26(30)28(24)32)19-8-6-18(7-9-19)20-10-11-22(27(31)25(20)29)23-13-5-17(2)16-34-23/h4,6-12,14-15,17,23,25-28H,3,5,13,16H2,1-2H3/b15-4-. The fourth-order valence-corrected chi connectivity index (χ4v) is 4.48. The first-order valence-electron chi connectivity index (χ1n) is 11.8. The molecule has 0 aromatic heterocycles. The molecule has 34 heavy (non-hydrogen) atoms. The fourth-order valence-electron chi connectivity index (χ4n) is 4.48. The highest BCUT2D eigenvalue weighted by molar-refractivity contribution is 5.77. The maximum atomic E-state index is 15.1. The number of hydrogen-bond donors (Lipinski definition) is 0. The average molecular weight is 475 g/mol. The predicted molar refractivity (Wildman–Crippen MR) is 127 cm³/mol. The van der Waals surface area contributed by atoms with Crippen LogP contribution in [0.5, 0.6) is 0 Å². The molecule has 182 valence electrons. The molecule has 1 saturated heterocycles. The normalized spacial score (nSPS) is 32.1. The van der Waals surface area contributed by atoms with Crippen LogP contribution in [0.15, 0.2) is 72.2 Å². The van der Waals surface area contributed by atoms with Gasteiger partial charge in [0, 0.05) is 6.61 Å². The Labute approximate surface area is 198 Å². The van der Waals surface area contributed by atoms with Gasteiger partial charge in [0.1, 0.15) is 5.76 Å². The van der Waals surface area contributed by atoms with Gasteiger partial charge in [0.25, 0.3) is 0 Å². The lowest BCUT2D eigenvalue weighted by Gasteiger charge is -2.33. The number of alkyl halides is 4. The first-order chi connectivity index (χ1) is 16.4. The van der Waals surface area contributed by atoms with E-state index in [0.29, 0.717) is 35.6 Å². The topological polar surface area (TPSA) is 18.5 Å². The van der Waals surface area contributed by atoms with E-state index in [-0.39, 0.29) is 16.9 Å². The zero-order valence-electron chi connectivity index (χ0n) is 19.4. The van der Waals surface area contributed by atoms with Gasteiger partial charge < -0.3 is 9.47 Å². The Morgan fingerprint density at radius 2 is 1.47 bits per heavy atom. The molecule has 6 heteroatoms. The van der Waals surface area contributed by atoms with E-state index in [1.165, 1.54) is 18.4 Å². The molecule has 0 spiro atoms. The van der Waals surface area contributed by atoms with Gasteiger partial charge in [-0.3, -0.25) is 0 Å². The van der Waals surface area contributed by atoms with Crippen LogP contribution in [-0.4, -0.2) is 37.4 Å². The number of benzene rings is 1. The highest BCUT2D eigenvalue weighted by Gasteiger charge is 2.37. The third-order valence-electron chi connectivity index (χ3n) is 6.54. The Kier molecular flexibility index (Phi) is 7.77. The number of halogens is 4. The minimum atomic E-state index is -1.92. The van der Waals surface area contributed by atoms with Crippen LogP contribution < -0.4 is 0 Å². The van der Waals surface area contributed by atoms with Gasteiger partial charge in [0.15, 0.2) is 24.7 Å². The summed E-state index contributed by atoms with van der Waals surface area (Å²) in [5.41, 5.74) is 1.72. The van der Waals surface area contributed by atoms with E-state index in [1.807, 2.05) is 6.92 Å². The van der Waals surface area contributed by atoms with Crippen molar-refractivity contribution in [3.8, 4) is 0 Å². The van der Waals surface area contributed by atoms with E-state index >= 15 is 4.39 Å². The lowest BCUT2D eigenvalue weighted by molar-refractivity contribution is 0.000360. The second kappa shape index (κ2) is 10.8. The van der Waals surface area contributed by atoms with Crippen molar-refractivity contribution < 1.29 is 27.0 Å². The van der Waals surface area contributed by atoms with Crippen LogP contribution in [0, 0.1) is 5.92 Å². The quantitative estimate of drug-likeness (QED) is 0.316. The highest BCUT2D eigenvalue weighted by atomic mass is 19.2. The van der Waals surface area contributed by atoms with Crippen LogP contribution in [0.1, 0.15) is 44.2 Å². The van der Waals surface area contributed by atoms with Gasteiger partial charge in [0.2, 0.25) is 0 Å². The van der Waals surface area contributed by atoms with Crippen LogP contribution in [0.25, 0.3) is 11.1 Å². The highest BCUT2D eigenvalue weighted by Crippen LogP contribution is 2.38. The molecule has 0 bridgehead atoms. The summed E-state index contributed by atoms with van der Waals surface area (Å²) in [7, 11) is 0. The summed E-state index contributed by atoms with van der Waals surface area (Å²) < 4.78 is 70.3. The van der Waals surface area contributed by atoms with E-state index in [0.717, 1.165) is 12.8 Å². The van der Waals surface area contributed by atoms with Gasteiger partial charge in [0.05, 0.1) is 12.4 Å². The van der Waals surface area contributed by atoms with Crippen molar-refractivity contribution in [3.63, 3.8) is 0 Å². The molecule has 3 aliphatic rings. The SMILES string of the molecule is CC/C=C\OC1=CC=C(c2ccc(C3=CC=C(C4CCC(C)CO4)C(F)C3F)cc2)C(F)C1F. The van der Waals surface area contributed by atoms with Crippen molar-refractivity contribution in [2.24, 2.45) is 5.92 Å². The molecule has 0 amide bonds. The zero-order valence-corrected chi connectivity index (χ0v) is 19.4. The van der Waals surface area contributed by atoms with E-state index in [1.54, 1.807) is 42.5 Å². The van der Waals surface area contributed by atoms with Gasteiger partial charge in [-0.05, 0) is 65.2 Å². The van der Waals surface area contributed by atoms with Crippen molar-refractivity contribution in [1.29, 1.82) is 0 Å². The third kappa shape index (κ3) is 5.07. The minimum absolute atomic E-state index is 0.0850. The maximum absolute atomic E-state index is 15.1. The van der Waals surface area contributed by atoms with Crippen molar-refractivity contribution in [1.82, 2.24) is 0 Å². The second-order valence-corrected chi connectivity index (χ2v) is 9.07. The lowest BCUT2D eigenvalue weighted by Crippen LogP contribution is -2.34. The van der Waals surface area contributed by atoms with Crippen LogP contribution in [0.2, 0.25) is 0 Å². The summed E-state index contributed by atoms with van der Waals surface area (Å²) in [4.78, 5) is 0. The maximum Gasteiger partial charge on any atom is 0.193 e. The monoisotopic (exact) mass is 474 g/mol. The van der Waals surface area contributed by atoms with E-state index in [9.17, 15) is 13.2 Å². The van der Waals surface area contributed by atoms with Crippen molar-refractivity contribution in [2.75, 3.05) is 6.61 Å². The largest absolute Gasteiger partial charge is 0.466 e. The molecule has 4 rings (SSSR count). The van der Waals surface area contributed by atoms with Gasteiger partial charge >= 0.3 is 0 Å². The molecule has 0 saturated carbocycles. The van der Waals surface area contributed by atoms with Crippen LogP contribution in [0.4, 0.5) is 17.6 Å². The van der Waals surface area contributed by atoms with Gasteiger partial charge in [-0.2, -0.15) is 0 Å². The summed E-state index contributed by atoms with van der Waals surface area (Å²) >= 11 is 0. The molecular formula is C28H30F4O2. The zero-order chi connectivity index (χ0) is 24.2. The predicted octanol–water partition coefficient (Wildman–Crippen LogP) is 7.40. The van der Waals surface area contributed by atoms with E-state index < -0.39 is 30.8 Å². The third-order valence-corrected chi connectivity index (χ3v) is 6.54. The first kappa shape index (κ1) is 24.5. The first-order valence-corrected chi connectivity index (χ1v) is 11.8. The van der Waals surface area contributed by atoms with Crippen molar-refractivity contribution in [2.45, 2.75) is 63.9 Å². The number of ether oxygens (including phenoxy) is 2. The Hall–Kier alpha value is -2.60. The van der Waals surface area contributed by atoms with Gasteiger partial charge in [-0.1, -0.05) is 56.3 Å². The fraction of sp³-hybridized carbons (Fsp3) is 0.429. The van der Waals surface area contributed by atoms with Crippen molar-refractivity contribution >= 4 is 11.1 Å². The smallest absolute Gasteiger partial charge is 0.193 e. The van der Waals surface area contributed by atoms with Crippen LogP contribution in [-0.2, 0) is 9.47 Å². The number of allylic oxidation sites excluding steroid dienone is 8. The number of rotatable bonds is 6. The molecule has 1 aliphatic heterocycles. The summed E-state index contributed by atoms with van der Waals surface area (Å²) in [5.74, 6) is 0.339. The molecule has 1 aromatic rings. The molecule has 6 atom stereocenters. The van der Waals surface area contributed by atoms with Gasteiger partial charge in [-0.15, -0.1) is 0 Å². The van der Waals surface area contributed by atoms with Crippen LogP contribution >= 0.6 is 0 Å². The Morgan fingerprint density at radius 1 is 0.853 bits per heavy atom. The molecule has 0 N–H and O–H groups in total. The molecule has 1 heterocycles. The van der Waals surface area contributed by atoms with Gasteiger partial charge in [-0.25, -0.2) is 17.6 Å². The van der Waals surface area contributed by atoms with E-state index in [4.69, 9.17) is 9.47 Å². The Bertz CT molecular complexity index is 1010. The molecule has 2 aliphatic carbocycles. The average Bonchev–Trinajstić information content (AvgIpc) is 2.85. The Morgan fingerprint density at radius 3 is 2.06 bits per heavy atom. The second-order valence-electron chi connectivity index (χ2n) is 9.07. The minimum Gasteiger partial charge on any atom is -0.466 e.